The average Bonchev–Trinajstić information content (AvgIpc) is 2.55. The molecule has 23 heavy (non-hydrogen) atoms. The van der Waals surface area contributed by atoms with Crippen molar-refractivity contribution in [1.29, 1.82) is 0 Å². The number of amides is 1. The lowest BCUT2D eigenvalue weighted by molar-refractivity contribution is -0.131. The Morgan fingerprint density at radius 3 is 2.52 bits per heavy atom. The molecule has 2 rings (SSSR count). The van der Waals surface area contributed by atoms with Crippen molar-refractivity contribution in [3.05, 3.63) is 65.2 Å². The lowest BCUT2D eigenvalue weighted by atomic mass is 10.1. The van der Waals surface area contributed by atoms with Crippen LogP contribution in [0.3, 0.4) is 0 Å². The van der Waals surface area contributed by atoms with Gasteiger partial charge in [0.1, 0.15) is 11.5 Å². The molecule has 0 spiro atoms. The summed E-state index contributed by atoms with van der Waals surface area (Å²) in [5.74, 6) is -1.50. The van der Waals surface area contributed by atoms with E-state index in [9.17, 15) is 14.7 Å². The molecular formula is C17H14ClNO4. The van der Waals surface area contributed by atoms with Gasteiger partial charge in [-0.1, -0.05) is 17.7 Å². The molecule has 0 saturated carbocycles. The molecule has 6 heteroatoms. The zero-order valence-electron chi connectivity index (χ0n) is 12.2. The first-order valence-corrected chi connectivity index (χ1v) is 7.03. The summed E-state index contributed by atoms with van der Waals surface area (Å²) in [6.45, 7) is 0. The van der Waals surface area contributed by atoms with Crippen molar-refractivity contribution < 1.29 is 19.4 Å². The number of rotatable bonds is 5. The van der Waals surface area contributed by atoms with Crippen LogP contribution in [-0.4, -0.2) is 23.9 Å². The van der Waals surface area contributed by atoms with E-state index in [1.165, 1.54) is 7.11 Å². The van der Waals surface area contributed by atoms with Gasteiger partial charge in [-0.25, -0.2) is 0 Å². The van der Waals surface area contributed by atoms with E-state index in [4.69, 9.17) is 16.3 Å². The third-order valence-corrected chi connectivity index (χ3v) is 3.21. The molecule has 1 amide bonds. The predicted molar refractivity (Wildman–Crippen MR) is 88.7 cm³/mol. The van der Waals surface area contributed by atoms with Gasteiger partial charge in [-0.15, -0.1) is 0 Å². The minimum atomic E-state index is -0.875. The molecule has 5 nitrogen and oxygen atoms in total. The van der Waals surface area contributed by atoms with E-state index < -0.39 is 11.7 Å². The largest absolute Gasteiger partial charge is 0.507 e. The number of anilines is 1. The standard InChI is InChI=1S/C17H14ClNO4/c1-23-14-4-2-3-13(9-14)19-17(22)16(21)10-15(20)11-5-7-12(18)8-6-11/h2-10,20H,1H3,(H,19,22). The van der Waals surface area contributed by atoms with E-state index in [2.05, 4.69) is 5.32 Å². The molecule has 0 bridgehead atoms. The fourth-order valence-electron chi connectivity index (χ4n) is 1.79. The van der Waals surface area contributed by atoms with Gasteiger partial charge in [-0.3, -0.25) is 9.59 Å². The Kier molecular flexibility index (Phi) is 5.38. The van der Waals surface area contributed by atoms with Crippen LogP contribution in [0, 0.1) is 0 Å². The maximum atomic E-state index is 11.9. The van der Waals surface area contributed by atoms with Gasteiger partial charge in [0.15, 0.2) is 0 Å². The molecular weight excluding hydrogens is 318 g/mol. The quantitative estimate of drug-likeness (QED) is 0.500. The Balaban J connectivity index is 2.08. The van der Waals surface area contributed by atoms with Crippen LogP contribution in [0.4, 0.5) is 5.69 Å². The van der Waals surface area contributed by atoms with Crippen molar-refractivity contribution in [1.82, 2.24) is 0 Å². The lowest BCUT2D eigenvalue weighted by Crippen LogP contribution is -2.21. The van der Waals surface area contributed by atoms with Gasteiger partial charge < -0.3 is 15.2 Å². The third kappa shape index (κ3) is 4.59. The summed E-state index contributed by atoms with van der Waals surface area (Å²) < 4.78 is 5.03. The maximum absolute atomic E-state index is 11.9. The van der Waals surface area contributed by atoms with Gasteiger partial charge >= 0.3 is 0 Å². The van der Waals surface area contributed by atoms with E-state index in [1.807, 2.05) is 0 Å². The zero-order valence-corrected chi connectivity index (χ0v) is 13.0. The molecule has 0 aliphatic heterocycles. The van der Waals surface area contributed by atoms with Crippen LogP contribution < -0.4 is 10.1 Å². The fourth-order valence-corrected chi connectivity index (χ4v) is 1.91. The fraction of sp³-hybridized carbons (Fsp3) is 0.0588. The van der Waals surface area contributed by atoms with Crippen LogP contribution >= 0.6 is 11.6 Å². The molecule has 0 aromatic heterocycles. The second-order valence-electron chi connectivity index (χ2n) is 4.59. The summed E-state index contributed by atoms with van der Waals surface area (Å²) in [4.78, 5) is 23.7. The van der Waals surface area contributed by atoms with Crippen LogP contribution in [0.15, 0.2) is 54.6 Å². The number of ether oxygens (including phenoxy) is 1. The van der Waals surface area contributed by atoms with Crippen LogP contribution in [0.2, 0.25) is 5.02 Å². The van der Waals surface area contributed by atoms with Gasteiger partial charge in [0.2, 0.25) is 5.78 Å². The first kappa shape index (κ1) is 16.6. The number of aliphatic hydroxyl groups is 1. The van der Waals surface area contributed by atoms with Gasteiger partial charge in [0, 0.05) is 28.4 Å². The van der Waals surface area contributed by atoms with E-state index in [0.29, 0.717) is 22.0 Å². The summed E-state index contributed by atoms with van der Waals surface area (Å²) in [7, 11) is 1.50. The van der Waals surface area contributed by atoms with Crippen molar-refractivity contribution in [3.63, 3.8) is 0 Å². The Morgan fingerprint density at radius 2 is 1.87 bits per heavy atom. The van der Waals surface area contributed by atoms with Crippen LogP contribution in [0.1, 0.15) is 5.56 Å². The van der Waals surface area contributed by atoms with Gasteiger partial charge in [-0.05, 0) is 36.4 Å². The summed E-state index contributed by atoms with van der Waals surface area (Å²) in [5.41, 5.74) is 0.805. The number of carbonyl (C=O) groups is 2. The van der Waals surface area contributed by atoms with Gasteiger partial charge in [0.05, 0.1) is 7.11 Å². The number of nitrogens with one attached hydrogen (secondary N) is 1. The number of methoxy groups -OCH3 is 1. The summed E-state index contributed by atoms with van der Waals surface area (Å²) >= 11 is 5.75. The average molecular weight is 332 g/mol. The highest BCUT2D eigenvalue weighted by Crippen LogP contribution is 2.17. The van der Waals surface area contributed by atoms with Gasteiger partial charge in [0.25, 0.3) is 5.91 Å². The van der Waals surface area contributed by atoms with E-state index in [0.717, 1.165) is 6.08 Å². The second kappa shape index (κ2) is 7.47. The Hall–Kier alpha value is -2.79. The Bertz CT molecular complexity index is 753. The first-order chi connectivity index (χ1) is 11.0. The molecule has 2 aromatic rings. The summed E-state index contributed by atoms with van der Waals surface area (Å²) in [5, 5.41) is 12.8. The van der Waals surface area contributed by atoms with Crippen molar-refractivity contribution in [2.24, 2.45) is 0 Å². The highest BCUT2D eigenvalue weighted by Gasteiger charge is 2.13. The number of benzene rings is 2. The molecule has 0 heterocycles. The summed E-state index contributed by atoms with van der Waals surface area (Å²) in [6.07, 6.45) is 0.860. The highest BCUT2D eigenvalue weighted by atomic mass is 35.5. The number of aliphatic hydroxyl groups excluding tert-OH is 1. The topological polar surface area (TPSA) is 75.6 Å². The second-order valence-corrected chi connectivity index (χ2v) is 5.02. The van der Waals surface area contributed by atoms with Crippen LogP contribution in [-0.2, 0) is 9.59 Å². The molecule has 0 radical (unpaired) electrons. The van der Waals surface area contributed by atoms with Crippen molar-refractivity contribution in [2.75, 3.05) is 12.4 Å². The summed E-state index contributed by atoms with van der Waals surface area (Å²) in [6, 6.07) is 12.8. The molecule has 0 aliphatic carbocycles. The normalized spacial score (nSPS) is 11.0. The molecule has 0 atom stereocenters. The smallest absolute Gasteiger partial charge is 0.296 e. The van der Waals surface area contributed by atoms with Crippen molar-refractivity contribution in [2.45, 2.75) is 0 Å². The minimum absolute atomic E-state index is 0.313. The van der Waals surface area contributed by atoms with Crippen molar-refractivity contribution in [3.8, 4) is 5.75 Å². The molecule has 0 unspecified atom stereocenters. The Morgan fingerprint density at radius 1 is 1.17 bits per heavy atom. The maximum Gasteiger partial charge on any atom is 0.296 e. The molecule has 0 fully saturated rings. The van der Waals surface area contributed by atoms with E-state index in [-0.39, 0.29) is 5.76 Å². The van der Waals surface area contributed by atoms with E-state index in [1.54, 1.807) is 48.5 Å². The number of halogens is 1. The van der Waals surface area contributed by atoms with Gasteiger partial charge in [-0.2, -0.15) is 0 Å². The molecule has 0 aliphatic rings. The first-order valence-electron chi connectivity index (χ1n) is 6.65. The lowest BCUT2D eigenvalue weighted by Gasteiger charge is -2.05. The monoisotopic (exact) mass is 331 g/mol. The third-order valence-electron chi connectivity index (χ3n) is 2.96. The number of carbonyl (C=O) groups excluding carboxylic acids is 2. The number of ketones is 1. The molecule has 118 valence electrons. The van der Waals surface area contributed by atoms with E-state index >= 15 is 0 Å². The number of hydrogen-bond acceptors (Lipinski definition) is 4. The predicted octanol–water partition coefficient (Wildman–Crippen LogP) is 3.46. The highest BCUT2D eigenvalue weighted by molar-refractivity contribution is 6.45. The van der Waals surface area contributed by atoms with Crippen molar-refractivity contribution >= 4 is 34.7 Å². The zero-order chi connectivity index (χ0) is 16.8. The SMILES string of the molecule is COc1cccc(NC(=O)C(=O)C=C(O)c2ccc(Cl)cc2)c1. The van der Waals surface area contributed by atoms with Crippen LogP contribution in [0.25, 0.3) is 5.76 Å². The van der Waals surface area contributed by atoms with Crippen LogP contribution in [0.5, 0.6) is 5.75 Å². The molecule has 0 saturated heterocycles. The number of hydrogen-bond donors (Lipinski definition) is 2. The molecule has 2 N–H and O–H groups in total. The minimum Gasteiger partial charge on any atom is -0.507 e. The molecule has 2 aromatic carbocycles. The Labute approximate surface area is 138 Å².